The molecule has 0 saturated heterocycles. The van der Waals surface area contributed by atoms with Crippen LogP contribution in [0.25, 0.3) is 0 Å². The molecule has 1 aliphatic rings. The first-order valence-corrected chi connectivity index (χ1v) is 8.52. The summed E-state index contributed by atoms with van der Waals surface area (Å²) in [6.45, 7) is -2.73. The molecule has 0 aliphatic heterocycles. The number of aromatic nitrogens is 1. The Balaban J connectivity index is 1.89. The zero-order valence-corrected chi connectivity index (χ0v) is 14.9. The number of pyridine rings is 1. The Morgan fingerprint density at radius 2 is 1.96 bits per heavy atom. The average molecular weight is 403 g/mol. The van der Waals surface area contributed by atoms with Crippen LogP contribution in [-0.4, -0.2) is 24.1 Å². The van der Waals surface area contributed by atoms with E-state index in [0.29, 0.717) is 12.5 Å². The predicted octanol–water partition coefficient (Wildman–Crippen LogP) is 5.03. The van der Waals surface area contributed by atoms with Crippen molar-refractivity contribution in [3.63, 3.8) is 0 Å². The van der Waals surface area contributed by atoms with Crippen LogP contribution in [0.5, 0.6) is 11.5 Å². The van der Waals surface area contributed by atoms with E-state index in [1.165, 1.54) is 30.6 Å². The minimum absolute atomic E-state index is 0.0803. The number of rotatable bonds is 7. The van der Waals surface area contributed by atoms with Crippen molar-refractivity contribution in [3.8, 4) is 11.5 Å². The first-order chi connectivity index (χ1) is 12.5. The molecule has 0 radical (unpaired) electrons. The summed E-state index contributed by atoms with van der Waals surface area (Å²) in [6.07, 6.45) is 4.66. The van der Waals surface area contributed by atoms with E-state index < -0.39 is 12.5 Å². The number of benzene rings is 1. The Kier molecular flexibility index (Phi) is 5.78. The molecule has 1 N–H and O–H groups in total. The van der Waals surface area contributed by atoms with E-state index in [2.05, 4.69) is 15.0 Å². The summed E-state index contributed by atoms with van der Waals surface area (Å²) in [5.74, 6) is -0.562. The van der Waals surface area contributed by atoms with E-state index in [1.54, 1.807) is 0 Å². The third-order valence-corrected chi connectivity index (χ3v) is 4.27. The molecule has 0 bridgehead atoms. The number of nitrogens with one attached hydrogen (secondary N) is 1. The number of hydrogen-bond acceptors (Lipinski definition) is 4. The molecule has 1 heterocycles. The molecule has 3 rings (SSSR count). The quantitative estimate of drug-likeness (QED) is 0.705. The fraction of sp³-hybridized carbons (Fsp3) is 0.294. The summed E-state index contributed by atoms with van der Waals surface area (Å²) < 4.78 is 35.8. The monoisotopic (exact) mass is 402 g/mol. The largest absolute Gasteiger partial charge is 0.489 e. The number of para-hydroxylation sites is 1. The van der Waals surface area contributed by atoms with Crippen molar-refractivity contribution >= 4 is 34.8 Å². The molecule has 1 aliphatic carbocycles. The first kappa shape index (κ1) is 18.7. The molecule has 1 amide bonds. The number of alkyl halides is 2. The van der Waals surface area contributed by atoms with Gasteiger partial charge in [-0.1, -0.05) is 29.3 Å². The lowest BCUT2D eigenvalue weighted by molar-refractivity contribution is -0.0518. The van der Waals surface area contributed by atoms with Crippen molar-refractivity contribution in [2.24, 2.45) is 5.92 Å². The van der Waals surface area contributed by atoms with Gasteiger partial charge in [0, 0.05) is 12.4 Å². The maximum atomic E-state index is 12.9. The highest BCUT2D eigenvalue weighted by Gasteiger charge is 2.25. The van der Waals surface area contributed by atoms with Crippen molar-refractivity contribution in [1.29, 1.82) is 0 Å². The summed E-state index contributed by atoms with van der Waals surface area (Å²) in [4.78, 5) is 16.4. The molecule has 1 aromatic heterocycles. The van der Waals surface area contributed by atoms with Gasteiger partial charge in [0.2, 0.25) is 0 Å². The molecule has 138 valence electrons. The molecule has 1 aromatic carbocycles. The number of anilines is 1. The third kappa shape index (κ3) is 4.53. The Labute approximate surface area is 158 Å². The van der Waals surface area contributed by atoms with Gasteiger partial charge in [-0.15, -0.1) is 0 Å². The number of ether oxygens (including phenoxy) is 2. The molecule has 0 spiro atoms. The van der Waals surface area contributed by atoms with E-state index in [4.69, 9.17) is 27.9 Å². The first-order valence-electron chi connectivity index (χ1n) is 7.76. The molecule has 9 heteroatoms. The van der Waals surface area contributed by atoms with Crippen LogP contribution in [0, 0.1) is 5.92 Å². The number of amides is 1. The van der Waals surface area contributed by atoms with Crippen molar-refractivity contribution in [1.82, 2.24) is 4.98 Å². The smallest absolute Gasteiger partial charge is 0.387 e. The second-order valence-electron chi connectivity index (χ2n) is 5.70. The number of carbonyl (C=O) groups is 1. The summed E-state index contributed by atoms with van der Waals surface area (Å²) in [5.41, 5.74) is 0.00294. The van der Waals surface area contributed by atoms with E-state index in [-0.39, 0.29) is 32.8 Å². The fourth-order valence-electron chi connectivity index (χ4n) is 2.22. The van der Waals surface area contributed by atoms with Crippen LogP contribution in [-0.2, 0) is 0 Å². The molecule has 5 nitrogen and oxygen atoms in total. The van der Waals surface area contributed by atoms with Crippen LogP contribution >= 0.6 is 23.2 Å². The lowest BCUT2D eigenvalue weighted by Crippen LogP contribution is -2.16. The minimum Gasteiger partial charge on any atom is -0.489 e. The van der Waals surface area contributed by atoms with Gasteiger partial charge < -0.3 is 14.8 Å². The van der Waals surface area contributed by atoms with Gasteiger partial charge in [-0.2, -0.15) is 8.78 Å². The van der Waals surface area contributed by atoms with Crippen molar-refractivity contribution in [3.05, 3.63) is 46.2 Å². The third-order valence-electron chi connectivity index (χ3n) is 3.69. The topological polar surface area (TPSA) is 60.5 Å². The van der Waals surface area contributed by atoms with Gasteiger partial charge in [0.1, 0.15) is 0 Å². The van der Waals surface area contributed by atoms with Crippen LogP contribution in [0.2, 0.25) is 10.0 Å². The summed E-state index contributed by atoms with van der Waals surface area (Å²) in [7, 11) is 0. The summed E-state index contributed by atoms with van der Waals surface area (Å²) >= 11 is 11.9. The molecule has 2 aromatic rings. The second kappa shape index (κ2) is 8.05. The van der Waals surface area contributed by atoms with Crippen molar-refractivity contribution in [2.75, 3.05) is 11.9 Å². The number of hydrogen-bond donors (Lipinski definition) is 1. The van der Waals surface area contributed by atoms with Crippen LogP contribution in [0.4, 0.5) is 14.5 Å². The SMILES string of the molecule is O=C(Nc1c(Cl)cncc1Cl)c1cccc(OCC2CC2)c1OC(F)F. The highest BCUT2D eigenvalue weighted by atomic mass is 35.5. The van der Waals surface area contributed by atoms with Gasteiger partial charge in [0.15, 0.2) is 11.5 Å². The van der Waals surface area contributed by atoms with E-state index in [0.717, 1.165) is 12.8 Å². The Bertz CT molecular complexity index is 796. The maximum Gasteiger partial charge on any atom is 0.387 e. The Hall–Kier alpha value is -2.12. The zero-order valence-electron chi connectivity index (χ0n) is 13.3. The van der Waals surface area contributed by atoms with Gasteiger partial charge in [0.25, 0.3) is 5.91 Å². The summed E-state index contributed by atoms with van der Waals surface area (Å²) in [6, 6.07) is 4.34. The van der Waals surface area contributed by atoms with Crippen LogP contribution in [0.3, 0.4) is 0 Å². The van der Waals surface area contributed by atoms with Crippen LogP contribution < -0.4 is 14.8 Å². The maximum absolute atomic E-state index is 12.9. The minimum atomic E-state index is -3.11. The normalized spacial score (nSPS) is 13.6. The second-order valence-corrected chi connectivity index (χ2v) is 6.51. The number of halogens is 4. The molecule has 26 heavy (non-hydrogen) atoms. The molecule has 1 saturated carbocycles. The van der Waals surface area contributed by atoms with Crippen molar-refractivity contribution < 1.29 is 23.0 Å². The standard InChI is InChI=1S/C17H14Cl2F2N2O3/c18-11-6-22-7-12(19)14(11)23-16(24)10-2-1-3-13(15(10)26-17(20)21)25-8-9-4-5-9/h1-3,6-7,9,17H,4-5,8H2,(H,22,23,24). The van der Waals surface area contributed by atoms with Crippen LogP contribution in [0.15, 0.2) is 30.6 Å². The Morgan fingerprint density at radius 1 is 1.27 bits per heavy atom. The van der Waals surface area contributed by atoms with Crippen molar-refractivity contribution in [2.45, 2.75) is 19.5 Å². The van der Waals surface area contributed by atoms with E-state index >= 15 is 0 Å². The number of carbonyl (C=O) groups excluding carboxylic acids is 1. The highest BCUT2D eigenvalue weighted by Crippen LogP contribution is 2.37. The molecule has 0 atom stereocenters. The fourth-order valence-corrected chi connectivity index (χ4v) is 2.68. The summed E-state index contributed by atoms with van der Waals surface area (Å²) in [5, 5.41) is 2.72. The molecule has 1 fully saturated rings. The van der Waals surface area contributed by atoms with E-state index in [1.807, 2.05) is 0 Å². The zero-order chi connectivity index (χ0) is 18.7. The van der Waals surface area contributed by atoms with E-state index in [9.17, 15) is 13.6 Å². The van der Waals surface area contributed by atoms with Gasteiger partial charge in [-0.05, 0) is 30.9 Å². The lowest BCUT2D eigenvalue weighted by atomic mass is 10.1. The Morgan fingerprint density at radius 3 is 2.58 bits per heavy atom. The molecular formula is C17H14Cl2F2N2O3. The van der Waals surface area contributed by atoms with Gasteiger partial charge in [-0.25, -0.2) is 0 Å². The lowest BCUT2D eigenvalue weighted by Gasteiger charge is -2.16. The number of nitrogens with zero attached hydrogens (tertiary/aromatic N) is 1. The van der Waals surface area contributed by atoms with Gasteiger partial charge in [0.05, 0.1) is 27.9 Å². The molecule has 0 unspecified atom stereocenters. The van der Waals surface area contributed by atoms with Gasteiger partial charge in [-0.3, -0.25) is 9.78 Å². The highest BCUT2D eigenvalue weighted by molar-refractivity contribution is 6.39. The van der Waals surface area contributed by atoms with Crippen LogP contribution in [0.1, 0.15) is 23.2 Å². The molecular weight excluding hydrogens is 389 g/mol. The average Bonchev–Trinajstić information content (AvgIpc) is 3.41. The van der Waals surface area contributed by atoms with Gasteiger partial charge >= 0.3 is 6.61 Å². The predicted molar refractivity (Wildman–Crippen MR) is 93.5 cm³/mol.